The average molecular weight is 588 g/mol. The highest BCUT2D eigenvalue weighted by Crippen LogP contribution is 2.43. The van der Waals surface area contributed by atoms with Crippen LogP contribution in [0, 0.1) is 13.8 Å². The minimum atomic E-state index is -0.216. The molecule has 1 amide bonds. The zero-order chi connectivity index (χ0) is 32.1. The van der Waals surface area contributed by atoms with Gasteiger partial charge in [-0.25, -0.2) is 4.98 Å². The molecular formula is C39H45N3O2. The maximum atomic E-state index is 14.0. The quantitative estimate of drug-likeness (QED) is 0.208. The van der Waals surface area contributed by atoms with Crippen molar-refractivity contribution >= 4 is 22.6 Å². The van der Waals surface area contributed by atoms with Crippen LogP contribution in [-0.4, -0.2) is 20.6 Å². The monoisotopic (exact) mass is 587 g/mol. The van der Waals surface area contributed by atoms with Crippen LogP contribution in [0.15, 0.2) is 66.7 Å². The number of aryl methyl sites for hydroxylation is 3. The molecule has 0 saturated heterocycles. The third kappa shape index (κ3) is 5.63. The van der Waals surface area contributed by atoms with E-state index in [1.54, 1.807) is 0 Å². The van der Waals surface area contributed by atoms with Crippen LogP contribution >= 0.6 is 0 Å². The third-order valence-corrected chi connectivity index (χ3v) is 8.50. The highest BCUT2D eigenvalue weighted by Gasteiger charge is 2.25. The minimum Gasteiger partial charge on any atom is -0.507 e. The standard InChI is InChI=1S/C39H45N3O2/c1-22(2)26-16-13-17-27(23(3)4)34(26)38(44)40-32-20-25(6)21-33-35(32)41-37(42(33)10)29-15-12-11-14-28(29)30-18-24(5)19-31(36(30)43)39(7,8)9/h11-23,43H,1-10H3,(H,40,44). The number of anilines is 1. The second-order valence-electron chi connectivity index (χ2n) is 13.8. The van der Waals surface area contributed by atoms with Crippen molar-refractivity contribution in [1.82, 2.24) is 9.55 Å². The molecule has 1 heterocycles. The van der Waals surface area contributed by atoms with Crippen molar-refractivity contribution in [2.75, 3.05) is 5.32 Å². The molecule has 5 aromatic rings. The Hall–Kier alpha value is -4.38. The number of fused-ring (bicyclic) bond motifs is 1. The van der Waals surface area contributed by atoms with Gasteiger partial charge in [-0.2, -0.15) is 0 Å². The van der Waals surface area contributed by atoms with E-state index in [1.165, 1.54) is 0 Å². The highest BCUT2D eigenvalue weighted by molar-refractivity contribution is 6.10. The lowest BCUT2D eigenvalue weighted by Crippen LogP contribution is -2.18. The van der Waals surface area contributed by atoms with Crippen LogP contribution in [0.3, 0.4) is 0 Å². The van der Waals surface area contributed by atoms with Gasteiger partial charge in [0, 0.05) is 29.3 Å². The van der Waals surface area contributed by atoms with Gasteiger partial charge in [0.25, 0.3) is 5.91 Å². The van der Waals surface area contributed by atoms with E-state index in [9.17, 15) is 9.90 Å². The van der Waals surface area contributed by atoms with E-state index in [0.29, 0.717) is 11.4 Å². The lowest BCUT2D eigenvalue weighted by molar-refractivity contribution is 0.102. The van der Waals surface area contributed by atoms with E-state index in [2.05, 4.69) is 89.5 Å². The predicted octanol–water partition coefficient (Wildman–Crippen LogP) is 10.0. The molecule has 5 heteroatoms. The van der Waals surface area contributed by atoms with Gasteiger partial charge in [-0.15, -0.1) is 0 Å². The first-order chi connectivity index (χ1) is 20.7. The van der Waals surface area contributed by atoms with E-state index in [-0.39, 0.29) is 23.2 Å². The first-order valence-electron chi connectivity index (χ1n) is 15.5. The summed E-state index contributed by atoms with van der Waals surface area (Å²) in [6, 6.07) is 22.5. The molecule has 0 fully saturated rings. The van der Waals surface area contributed by atoms with Crippen LogP contribution in [0.1, 0.15) is 98.5 Å². The van der Waals surface area contributed by atoms with Crippen LogP contribution in [-0.2, 0) is 12.5 Å². The smallest absolute Gasteiger partial charge is 0.256 e. The van der Waals surface area contributed by atoms with Gasteiger partial charge in [-0.3, -0.25) is 4.79 Å². The number of amides is 1. The summed E-state index contributed by atoms with van der Waals surface area (Å²) in [5.74, 6) is 1.36. The van der Waals surface area contributed by atoms with Crippen LogP contribution in [0.4, 0.5) is 5.69 Å². The Balaban J connectivity index is 1.67. The number of hydrogen-bond donors (Lipinski definition) is 2. The van der Waals surface area contributed by atoms with Crippen molar-refractivity contribution in [2.45, 2.75) is 79.6 Å². The molecule has 5 rings (SSSR count). The molecule has 0 bridgehead atoms. The molecule has 0 aliphatic carbocycles. The average Bonchev–Trinajstić information content (AvgIpc) is 3.28. The molecule has 0 saturated carbocycles. The minimum absolute atomic E-state index is 0.114. The fraction of sp³-hybridized carbons (Fsp3) is 0.333. The SMILES string of the molecule is Cc1cc(-c2ccccc2-c2nc3c(NC(=O)c4c(C(C)C)cccc4C(C)C)cc(C)cc3n2C)c(O)c(C(C)(C)C)c1. The predicted molar refractivity (Wildman–Crippen MR) is 184 cm³/mol. The van der Waals surface area contributed by atoms with Gasteiger partial charge < -0.3 is 15.0 Å². The number of carbonyl (C=O) groups excluding carboxylic acids is 1. The summed E-state index contributed by atoms with van der Waals surface area (Å²) in [4.78, 5) is 19.2. The first kappa shape index (κ1) is 31.1. The molecule has 2 N–H and O–H groups in total. The molecule has 44 heavy (non-hydrogen) atoms. The van der Waals surface area contributed by atoms with Gasteiger partial charge in [0.15, 0.2) is 0 Å². The first-order valence-corrected chi connectivity index (χ1v) is 15.5. The molecule has 1 aromatic heterocycles. The molecule has 0 unspecified atom stereocenters. The Bertz CT molecular complexity index is 1860. The fourth-order valence-electron chi connectivity index (χ4n) is 6.23. The lowest BCUT2D eigenvalue weighted by atomic mass is 9.82. The Labute approximate surface area is 262 Å². The van der Waals surface area contributed by atoms with Crippen LogP contribution in [0.2, 0.25) is 0 Å². The molecule has 0 spiro atoms. The molecule has 0 aliphatic heterocycles. The Morgan fingerprint density at radius 1 is 0.818 bits per heavy atom. The van der Waals surface area contributed by atoms with Crippen molar-refractivity contribution in [3.8, 4) is 28.3 Å². The second-order valence-corrected chi connectivity index (χ2v) is 13.8. The van der Waals surface area contributed by atoms with Crippen molar-refractivity contribution < 1.29 is 9.90 Å². The number of aromatic nitrogens is 2. The van der Waals surface area contributed by atoms with E-state index in [4.69, 9.17) is 4.98 Å². The van der Waals surface area contributed by atoms with Crippen LogP contribution in [0.5, 0.6) is 5.75 Å². The number of benzene rings is 4. The molecule has 228 valence electrons. The summed E-state index contributed by atoms with van der Waals surface area (Å²) < 4.78 is 2.08. The number of rotatable bonds is 6. The largest absolute Gasteiger partial charge is 0.507 e. The van der Waals surface area contributed by atoms with Crippen molar-refractivity contribution in [2.24, 2.45) is 7.05 Å². The maximum absolute atomic E-state index is 14.0. The van der Waals surface area contributed by atoms with Gasteiger partial charge in [-0.1, -0.05) is 97.0 Å². The van der Waals surface area contributed by atoms with E-state index in [1.807, 2.05) is 56.4 Å². The molecule has 0 aliphatic rings. The number of hydrogen-bond acceptors (Lipinski definition) is 3. The summed E-state index contributed by atoms with van der Waals surface area (Å²) in [5.41, 5.74) is 10.6. The van der Waals surface area contributed by atoms with Gasteiger partial charge >= 0.3 is 0 Å². The number of nitrogens with zero attached hydrogens (tertiary/aromatic N) is 2. The molecule has 5 nitrogen and oxygen atoms in total. The Morgan fingerprint density at radius 3 is 2.00 bits per heavy atom. The number of carbonyl (C=O) groups is 1. The summed E-state index contributed by atoms with van der Waals surface area (Å²) >= 11 is 0. The van der Waals surface area contributed by atoms with Gasteiger partial charge in [0.2, 0.25) is 0 Å². The van der Waals surface area contributed by atoms with Crippen LogP contribution < -0.4 is 5.32 Å². The summed E-state index contributed by atoms with van der Waals surface area (Å²) in [6.07, 6.45) is 0. The molecule has 4 aromatic carbocycles. The van der Waals surface area contributed by atoms with Gasteiger partial charge in [0.1, 0.15) is 17.1 Å². The zero-order valence-electron chi connectivity index (χ0n) is 27.8. The number of imidazole rings is 1. The Morgan fingerprint density at radius 2 is 1.41 bits per heavy atom. The maximum Gasteiger partial charge on any atom is 0.256 e. The molecule has 0 radical (unpaired) electrons. The molecule has 0 atom stereocenters. The lowest BCUT2D eigenvalue weighted by Gasteiger charge is -2.23. The van der Waals surface area contributed by atoms with E-state index < -0.39 is 0 Å². The zero-order valence-corrected chi connectivity index (χ0v) is 27.8. The number of nitrogens with one attached hydrogen (secondary N) is 1. The summed E-state index contributed by atoms with van der Waals surface area (Å²) in [7, 11) is 2.01. The third-order valence-electron chi connectivity index (χ3n) is 8.50. The second kappa shape index (κ2) is 11.6. The number of aromatic hydroxyl groups is 1. The van der Waals surface area contributed by atoms with Crippen molar-refractivity contribution in [1.29, 1.82) is 0 Å². The van der Waals surface area contributed by atoms with Crippen molar-refractivity contribution in [3.63, 3.8) is 0 Å². The number of phenols is 1. The van der Waals surface area contributed by atoms with Crippen molar-refractivity contribution in [3.05, 3.63) is 100 Å². The number of phenolic OH excluding ortho intramolecular Hbond substituents is 1. The van der Waals surface area contributed by atoms with Crippen LogP contribution in [0.25, 0.3) is 33.5 Å². The highest BCUT2D eigenvalue weighted by atomic mass is 16.3. The summed E-state index contributed by atoms with van der Waals surface area (Å²) in [5, 5.41) is 14.8. The normalized spacial score (nSPS) is 12.0. The van der Waals surface area contributed by atoms with Gasteiger partial charge in [-0.05, 0) is 77.1 Å². The summed E-state index contributed by atoms with van der Waals surface area (Å²) in [6.45, 7) is 18.9. The topological polar surface area (TPSA) is 67.2 Å². The Kier molecular flexibility index (Phi) is 8.19. The van der Waals surface area contributed by atoms with E-state index in [0.717, 1.165) is 66.9 Å². The van der Waals surface area contributed by atoms with E-state index >= 15 is 0 Å². The molecular weight excluding hydrogens is 542 g/mol. The fourth-order valence-corrected chi connectivity index (χ4v) is 6.23. The van der Waals surface area contributed by atoms with Gasteiger partial charge in [0.05, 0.1) is 11.2 Å².